The Morgan fingerprint density at radius 2 is 2.10 bits per heavy atom. The van der Waals surface area contributed by atoms with Crippen molar-refractivity contribution in [3.63, 3.8) is 0 Å². The van der Waals surface area contributed by atoms with Crippen molar-refractivity contribution >= 4 is 5.91 Å². The van der Waals surface area contributed by atoms with E-state index in [4.69, 9.17) is 0 Å². The zero-order chi connectivity index (χ0) is 15.2. The maximum Gasteiger partial charge on any atom is 0.220 e. The van der Waals surface area contributed by atoms with Gasteiger partial charge in [-0.05, 0) is 5.56 Å². The summed E-state index contributed by atoms with van der Waals surface area (Å²) in [6, 6.07) is 9.61. The molecule has 1 aliphatic rings. The number of β-amino-alcohol motifs (C(OH)–C–C–N with tert-alkyl or cyclic N) is 1. The Kier molecular flexibility index (Phi) is 5.69. The van der Waals surface area contributed by atoms with Gasteiger partial charge in [0.25, 0.3) is 0 Å². The molecule has 3 atom stereocenters. The van der Waals surface area contributed by atoms with Crippen LogP contribution in [0.25, 0.3) is 0 Å². The van der Waals surface area contributed by atoms with Crippen molar-refractivity contribution in [1.29, 1.82) is 0 Å². The van der Waals surface area contributed by atoms with Gasteiger partial charge in [0.15, 0.2) is 0 Å². The van der Waals surface area contributed by atoms with Crippen LogP contribution in [-0.4, -0.2) is 59.0 Å². The monoisotopic (exact) mass is 293 g/mol. The summed E-state index contributed by atoms with van der Waals surface area (Å²) in [7, 11) is 0. The standard InChI is InChI=1S/C15H23N3O3/c1-11(19)18(9-12-5-3-2-4-6-12)10-16-7-13-15(21)14(20)8-17-13/h2-6,13-17,20-21H,7-10H2,1H3/t13-,14+,15-/m1/s1. The first-order valence-corrected chi connectivity index (χ1v) is 7.17. The number of nitrogens with one attached hydrogen (secondary N) is 2. The predicted octanol–water partition coefficient (Wildman–Crippen LogP) is -0.724. The third-order valence-corrected chi connectivity index (χ3v) is 3.72. The molecule has 0 unspecified atom stereocenters. The summed E-state index contributed by atoms with van der Waals surface area (Å²) in [5.74, 6) is -0.00804. The van der Waals surface area contributed by atoms with Crippen LogP contribution in [0.2, 0.25) is 0 Å². The van der Waals surface area contributed by atoms with E-state index in [-0.39, 0.29) is 11.9 Å². The van der Waals surface area contributed by atoms with Crippen molar-refractivity contribution in [2.75, 3.05) is 19.8 Å². The minimum Gasteiger partial charge on any atom is -0.389 e. The summed E-state index contributed by atoms with van der Waals surface area (Å²) >= 11 is 0. The number of hydrogen-bond donors (Lipinski definition) is 4. The normalized spacial score (nSPS) is 25.0. The lowest BCUT2D eigenvalue weighted by Gasteiger charge is -2.24. The highest BCUT2D eigenvalue weighted by molar-refractivity contribution is 5.73. The van der Waals surface area contributed by atoms with Gasteiger partial charge in [-0.3, -0.25) is 10.1 Å². The average molecular weight is 293 g/mol. The number of carbonyl (C=O) groups excluding carboxylic acids is 1. The number of aliphatic hydroxyl groups excluding tert-OH is 2. The summed E-state index contributed by atoms with van der Waals surface area (Å²) < 4.78 is 0. The zero-order valence-electron chi connectivity index (χ0n) is 12.2. The van der Waals surface area contributed by atoms with E-state index >= 15 is 0 Å². The second kappa shape index (κ2) is 7.51. The third-order valence-electron chi connectivity index (χ3n) is 3.72. The molecule has 1 amide bonds. The van der Waals surface area contributed by atoms with Crippen LogP contribution in [0.4, 0.5) is 0 Å². The van der Waals surface area contributed by atoms with E-state index in [0.29, 0.717) is 26.3 Å². The minimum absolute atomic E-state index is 0.00804. The SMILES string of the molecule is CC(=O)N(CNC[C@H]1NC[C@H](O)[C@@H]1O)Cc1ccccc1. The minimum atomic E-state index is -0.766. The van der Waals surface area contributed by atoms with Gasteiger partial charge in [0.2, 0.25) is 5.91 Å². The van der Waals surface area contributed by atoms with Gasteiger partial charge in [-0.1, -0.05) is 30.3 Å². The van der Waals surface area contributed by atoms with Gasteiger partial charge in [-0.2, -0.15) is 0 Å². The smallest absolute Gasteiger partial charge is 0.220 e. The molecule has 6 heteroatoms. The van der Waals surface area contributed by atoms with Gasteiger partial charge < -0.3 is 20.4 Å². The van der Waals surface area contributed by atoms with E-state index < -0.39 is 12.2 Å². The van der Waals surface area contributed by atoms with Crippen molar-refractivity contribution in [2.45, 2.75) is 31.7 Å². The van der Waals surface area contributed by atoms with Gasteiger partial charge in [0.05, 0.1) is 18.9 Å². The number of aliphatic hydroxyl groups is 2. The largest absolute Gasteiger partial charge is 0.389 e. The molecule has 1 fully saturated rings. The van der Waals surface area contributed by atoms with Crippen LogP contribution < -0.4 is 10.6 Å². The Morgan fingerprint density at radius 3 is 2.67 bits per heavy atom. The number of hydrogen-bond acceptors (Lipinski definition) is 5. The lowest BCUT2D eigenvalue weighted by molar-refractivity contribution is -0.129. The van der Waals surface area contributed by atoms with Gasteiger partial charge in [-0.15, -0.1) is 0 Å². The first kappa shape index (κ1) is 15.9. The molecule has 1 aliphatic heterocycles. The first-order chi connectivity index (χ1) is 10.1. The fraction of sp³-hybridized carbons (Fsp3) is 0.533. The lowest BCUT2D eigenvalue weighted by atomic mass is 10.1. The van der Waals surface area contributed by atoms with E-state index in [1.165, 1.54) is 6.92 Å². The Morgan fingerprint density at radius 1 is 1.38 bits per heavy atom. The number of benzene rings is 1. The number of nitrogens with zero attached hydrogens (tertiary/aromatic N) is 1. The molecule has 0 spiro atoms. The molecule has 0 aliphatic carbocycles. The number of carbonyl (C=O) groups is 1. The summed E-state index contributed by atoms with van der Waals surface area (Å²) in [6.45, 7) is 3.39. The topological polar surface area (TPSA) is 84.8 Å². The fourth-order valence-electron chi connectivity index (χ4n) is 2.41. The Labute approximate surface area is 124 Å². The van der Waals surface area contributed by atoms with Crippen molar-refractivity contribution in [3.8, 4) is 0 Å². The summed E-state index contributed by atoms with van der Waals surface area (Å²) in [4.78, 5) is 13.4. The van der Waals surface area contributed by atoms with Gasteiger partial charge >= 0.3 is 0 Å². The van der Waals surface area contributed by atoms with Crippen LogP contribution in [0.5, 0.6) is 0 Å². The Bertz CT molecular complexity index is 455. The van der Waals surface area contributed by atoms with Gasteiger partial charge in [0, 0.05) is 32.6 Å². The van der Waals surface area contributed by atoms with Crippen LogP contribution in [0.3, 0.4) is 0 Å². The molecule has 2 rings (SSSR count). The molecule has 1 heterocycles. The Balaban J connectivity index is 1.80. The summed E-state index contributed by atoms with van der Waals surface area (Å²) in [5, 5.41) is 25.4. The van der Waals surface area contributed by atoms with Crippen LogP contribution in [-0.2, 0) is 11.3 Å². The average Bonchev–Trinajstić information content (AvgIpc) is 2.79. The maximum atomic E-state index is 11.7. The van der Waals surface area contributed by atoms with E-state index in [1.807, 2.05) is 30.3 Å². The molecule has 0 bridgehead atoms. The second-order valence-electron chi connectivity index (χ2n) is 5.39. The van der Waals surface area contributed by atoms with Crippen LogP contribution in [0, 0.1) is 0 Å². The maximum absolute atomic E-state index is 11.7. The van der Waals surface area contributed by atoms with Crippen molar-refractivity contribution < 1.29 is 15.0 Å². The molecule has 0 radical (unpaired) electrons. The molecular formula is C15H23N3O3. The molecule has 0 saturated carbocycles. The van der Waals surface area contributed by atoms with Gasteiger partial charge in [0.1, 0.15) is 0 Å². The summed E-state index contributed by atoms with van der Waals surface area (Å²) in [5.41, 5.74) is 1.07. The van der Waals surface area contributed by atoms with Crippen LogP contribution in [0.15, 0.2) is 30.3 Å². The van der Waals surface area contributed by atoms with E-state index in [0.717, 1.165) is 5.56 Å². The van der Waals surface area contributed by atoms with Crippen LogP contribution >= 0.6 is 0 Å². The lowest BCUT2D eigenvalue weighted by Crippen LogP contribution is -2.45. The molecular weight excluding hydrogens is 270 g/mol. The highest BCUT2D eigenvalue weighted by Crippen LogP contribution is 2.07. The van der Waals surface area contributed by atoms with Crippen LogP contribution in [0.1, 0.15) is 12.5 Å². The first-order valence-electron chi connectivity index (χ1n) is 7.17. The van der Waals surface area contributed by atoms with Gasteiger partial charge in [-0.25, -0.2) is 0 Å². The second-order valence-corrected chi connectivity index (χ2v) is 5.39. The zero-order valence-corrected chi connectivity index (χ0v) is 12.2. The quantitative estimate of drug-likeness (QED) is 0.520. The molecule has 4 N–H and O–H groups in total. The third kappa shape index (κ3) is 4.50. The van der Waals surface area contributed by atoms with E-state index in [9.17, 15) is 15.0 Å². The fourth-order valence-corrected chi connectivity index (χ4v) is 2.41. The van der Waals surface area contributed by atoms with Crippen molar-refractivity contribution in [1.82, 2.24) is 15.5 Å². The highest BCUT2D eigenvalue weighted by Gasteiger charge is 2.32. The number of rotatable bonds is 6. The van der Waals surface area contributed by atoms with Crippen molar-refractivity contribution in [3.05, 3.63) is 35.9 Å². The molecule has 116 valence electrons. The molecule has 1 aromatic carbocycles. The van der Waals surface area contributed by atoms with E-state index in [1.54, 1.807) is 4.90 Å². The highest BCUT2D eigenvalue weighted by atomic mass is 16.3. The molecule has 1 aromatic rings. The summed E-state index contributed by atoms with van der Waals surface area (Å²) in [6.07, 6.45) is -1.48. The molecule has 6 nitrogen and oxygen atoms in total. The molecule has 21 heavy (non-hydrogen) atoms. The molecule has 1 saturated heterocycles. The predicted molar refractivity (Wildman–Crippen MR) is 79.3 cm³/mol. The van der Waals surface area contributed by atoms with Crippen molar-refractivity contribution in [2.24, 2.45) is 0 Å². The van der Waals surface area contributed by atoms with E-state index in [2.05, 4.69) is 10.6 Å². The number of amides is 1. The Hall–Kier alpha value is -1.47. The molecule has 0 aromatic heterocycles.